The highest BCUT2D eigenvalue weighted by atomic mass is 32.1. The Balaban J connectivity index is 1.42. The molecule has 2 aliphatic rings. The lowest BCUT2D eigenvalue weighted by Crippen LogP contribution is -2.38. The normalized spacial score (nSPS) is 15.5. The Morgan fingerprint density at radius 1 is 1.11 bits per heavy atom. The molecule has 3 aromatic heterocycles. The molecule has 1 fully saturated rings. The quantitative estimate of drug-likeness (QED) is 0.390. The minimum Gasteiger partial charge on any atom is -0.467 e. The van der Waals surface area contributed by atoms with Gasteiger partial charge in [0.15, 0.2) is 0 Å². The first-order chi connectivity index (χ1) is 17.1. The monoisotopic (exact) mass is 488 g/mol. The number of hydrogen-bond acceptors (Lipinski definition) is 7. The summed E-state index contributed by atoms with van der Waals surface area (Å²) in [5.41, 5.74) is 5.36. The molecule has 0 bridgehead atoms. The molecule has 35 heavy (non-hydrogen) atoms. The molecule has 8 heteroatoms. The van der Waals surface area contributed by atoms with Gasteiger partial charge in [-0.2, -0.15) is 0 Å². The van der Waals surface area contributed by atoms with Crippen molar-refractivity contribution in [3.8, 4) is 0 Å². The molecule has 4 heterocycles. The highest BCUT2D eigenvalue weighted by molar-refractivity contribution is 7.09. The summed E-state index contributed by atoms with van der Waals surface area (Å²) in [6.45, 7) is 5.63. The summed E-state index contributed by atoms with van der Waals surface area (Å²) in [5, 5.41) is 3.84. The number of aromatic nitrogens is 2. The lowest BCUT2D eigenvalue weighted by Gasteiger charge is -2.31. The summed E-state index contributed by atoms with van der Waals surface area (Å²) < 4.78 is 11.2. The molecule has 0 radical (unpaired) electrons. The topological polar surface area (TPSA) is 71.7 Å². The van der Waals surface area contributed by atoms with Gasteiger partial charge in [-0.25, -0.2) is 9.97 Å². The summed E-state index contributed by atoms with van der Waals surface area (Å²) in [7, 11) is 0. The van der Waals surface area contributed by atoms with Gasteiger partial charge in [0, 0.05) is 29.4 Å². The van der Waals surface area contributed by atoms with E-state index in [0.717, 1.165) is 59.0 Å². The number of anilines is 1. The van der Waals surface area contributed by atoms with Crippen molar-refractivity contribution in [1.29, 1.82) is 0 Å². The van der Waals surface area contributed by atoms with Crippen LogP contribution in [0.3, 0.4) is 0 Å². The maximum absolute atomic E-state index is 13.6. The third-order valence-corrected chi connectivity index (χ3v) is 7.58. The number of carbonyl (C=O) groups excluding carboxylic acids is 1. The smallest absolute Gasteiger partial charge is 0.274 e. The second kappa shape index (κ2) is 9.43. The lowest BCUT2D eigenvalue weighted by atomic mass is 10.0. The van der Waals surface area contributed by atoms with Crippen molar-refractivity contribution in [2.75, 3.05) is 31.2 Å². The third kappa shape index (κ3) is 4.56. The van der Waals surface area contributed by atoms with Crippen molar-refractivity contribution in [3.63, 3.8) is 0 Å². The number of ether oxygens (including phenoxy) is 1. The van der Waals surface area contributed by atoms with Crippen LogP contribution in [0.4, 0.5) is 5.82 Å². The second-order valence-corrected chi connectivity index (χ2v) is 10.3. The minimum absolute atomic E-state index is 0.104. The first-order valence-corrected chi connectivity index (χ1v) is 13.0. The maximum atomic E-state index is 13.6. The molecule has 1 aromatic carbocycles. The van der Waals surface area contributed by atoms with Gasteiger partial charge in [-0.05, 0) is 67.6 Å². The molecular weight excluding hydrogens is 460 g/mol. The number of benzene rings is 1. The van der Waals surface area contributed by atoms with Gasteiger partial charge in [0.05, 0.1) is 43.1 Å². The number of amides is 1. The Morgan fingerprint density at radius 2 is 1.94 bits per heavy atom. The van der Waals surface area contributed by atoms with Crippen molar-refractivity contribution in [3.05, 3.63) is 75.1 Å². The van der Waals surface area contributed by atoms with Gasteiger partial charge in [0.25, 0.3) is 5.91 Å². The van der Waals surface area contributed by atoms with Gasteiger partial charge in [0.1, 0.15) is 17.3 Å². The first-order valence-electron chi connectivity index (χ1n) is 12.2. The van der Waals surface area contributed by atoms with Crippen LogP contribution in [0.5, 0.6) is 0 Å². The van der Waals surface area contributed by atoms with E-state index in [-0.39, 0.29) is 5.91 Å². The van der Waals surface area contributed by atoms with Crippen molar-refractivity contribution in [2.45, 2.75) is 39.3 Å². The Morgan fingerprint density at radius 3 is 2.69 bits per heavy atom. The van der Waals surface area contributed by atoms with Gasteiger partial charge in [-0.15, -0.1) is 11.3 Å². The fraction of sp³-hybridized carbons (Fsp3) is 0.370. The number of nitrogens with zero attached hydrogens (tertiary/aromatic N) is 4. The van der Waals surface area contributed by atoms with E-state index in [9.17, 15) is 4.79 Å². The lowest BCUT2D eigenvalue weighted by molar-refractivity contribution is 0.0712. The van der Waals surface area contributed by atoms with Crippen LogP contribution < -0.4 is 4.90 Å². The van der Waals surface area contributed by atoms with Crippen molar-refractivity contribution >= 4 is 34.0 Å². The third-order valence-electron chi connectivity index (χ3n) is 6.81. The summed E-state index contributed by atoms with van der Waals surface area (Å²) in [5.74, 6) is 1.57. The molecule has 6 rings (SSSR count). The molecule has 4 aromatic rings. The van der Waals surface area contributed by atoms with Crippen LogP contribution in [0.1, 0.15) is 44.4 Å². The number of furan rings is 1. The number of carbonyl (C=O) groups is 1. The molecule has 1 saturated heterocycles. The molecule has 180 valence electrons. The average Bonchev–Trinajstić information content (AvgIpc) is 3.64. The van der Waals surface area contributed by atoms with Crippen LogP contribution in [0.2, 0.25) is 0 Å². The largest absolute Gasteiger partial charge is 0.467 e. The molecule has 0 unspecified atom stereocenters. The van der Waals surface area contributed by atoms with Crippen LogP contribution in [0.25, 0.3) is 10.9 Å². The summed E-state index contributed by atoms with van der Waals surface area (Å²) >= 11 is 1.49. The second-order valence-electron chi connectivity index (χ2n) is 9.23. The van der Waals surface area contributed by atoms with E-state index in [1.807, 2.05) is 29.3 Å². The molecular formula is C27H28N4O3S. The maximum Gasteiger partial charge on any atom is 0.274 e. The number of hydrogen-bond donors (Lipinski definition) is 0. The average molecular weight is 489 g/mol. The van der Waals surface area contributed by atoms with E-state index >= 15 is 0 Å². The minimum atomic E-state index is -0.104. The molecule has 0 atom stereocenters. The predicted octanol–water partition coefficient (Wildman–Crippen LogP) is 4.76. The zero-order valence-corrected chi connectivity index (χ0v) is 20.6. The molecule has 1 amide bonds. The summed E-state index contributed by atoms with van der Waals surface area (Å²) in [6.07, 6.45) is 5.09. The van der Waals surface area contributed by atoms with E-state index in [1.54, 1.807) is 6.26 Å². The Hall–Kier alpha value is -3.23. The molecule has 1 aliphatic heterocycles. The van der Waals surface area contributed by atoms with Crippen molar-refractivity contribution in [1.82, 2.24) is 14.9 Å². The Labute approximate surface area is 208 Å². The number of rotatable bonds is 6. The molecule has 0 saturated carbocycles. The fourth-order valence-electron chi connectivity index (χ4n) is 5.07. The zero-order valence-electron chi connectivity index (χ0n) is 19.8. The van der Waals surface area contributed by atoms with Crippen molar-refractivity contribution in [2.24, 2.45) is 0 Å². The van der Waals surface area contributed by atoms with Crippen LogP contribution in [0, 0.1) is 6.92 Å². The van der Waals surface area contributed by atoms with E-state index in [1.165, 1.54) is 28.9 Å². The van der Waals surface area contributed by atoms with Crippen LogP contribution in [-0.4, -0.2) is 47.1 Å². The van der Waals surface area contributed by atoms with E-state index in [2.05, 4.69) is 28.1 Å². The number of fused-ring (bicyclic) bond motifs is 2. The molecule has 1 aliphatic carbocycles. The van der Waals surface area contributed by atoms with Gasteiger partial charge in [-0.3, -0.25) is 4.79 Å². The SMILES string of the molecule is Cc1nc(C(=O)N(Cc2ccco2)Cc2cc3cc4c(cc3nc2N2CCOCC2)CCC4)cs1. The van der Waals surface area contributed by atoms with Crippen LogP contribution in [0.15, 0.2) is 46.4 Å². The van der Waals surface area contributed by atoms with E-state index in [0.29, 0.717) is 32.0 Å². The number of pyridine rings is 1. The molecule has 7 nitrogen and oxygen atoms in total. The Kier molecular flexibility index (Phi) is 6.00. The standard InChI is InChI=1S/C27H28N4O3S/c1-18-28-25(17-35-18)27(32)31(16-23-6-3-9-34-23)15-22-13-21-12-19-4-2-5-20(19)14-24(21)29-26(22)30-7-10-33-11-8-30/h3,6,9,12-14,17H,2,4-5,7-8,10-11,15-16H2,1H3. The van der Waals surface area contributed by atoms with E-state index < -0.39 is 0 Å². The van der Waals surface area contributed by atoms with Crippen molar-refractivity contribution < 1.29 is 13.9 Å². The Bertz CT molecular complexity index is 1360. The first kappa shape index (κ1) is 22.2. The highest BCUT2D eigenvalue weighted by Crippen LogP contribution is 2.31. The highest BCUT2D eigenvalue weighted by Gasteiger charge is 2.25. The summed E-state index contributed by atoms with van der Waals surface area (Å²) in [4.78, 5) is 27.3. The van der Waals surface area contributed by atoms with Gasteiger partial charge < -0.3 is 19.0 Å². The number of thiazole rings is 1. The molecule has 0 N–H and O–H groups in total. The van der Waals surface area contributed by atoms with Gasteiger partial charge in [-0.1, -0.05) is 0 Å². The number of morpholine rings is 1. The molecule has 0 spiro atoms. The zero-order chi connectivity index (χ0) is 23.8. The number of aryl methyl sites for hydroxylation is 3. The van der Waals surface area contributed by atoms with Crippen LogP contribution >= 0.6 is 11.3 Å². The van der Waals surface area contributed by atoms with E-state index in [4.69, 9.17) is 14.1 Å². The predicted molar refractivity (Wildman–Crippen MR) is 136 cm³/mol. The van der Waals surface area contributed by atoms with Gasteiger partial charge >= 0.3 is 0 Å². The van der Waals surface area contributed by atoms with Crippen LogP contribution in [-0.2, 0) is 30.7 Å². The summed E-state index contributed by atoms with van der Waals surface area (Å²) in [6, 6.07) is 10.5. The van der Waals surface area contributed by atoms with Gasteiger partial charge in [0.2, 0.25) is 0 Å². The fourth-order valence-corrected chi connectivity index (χ4v) is 5.65.